The molecule has 11 atom stereocenters. The molecular formula is C43H64N2O9. The number of ether oxygens (including phenoxy) is 4. The molecule has 7 unspecified atom stereocenters. The third-order valence-corrected chi connectivity index (χ3v) is 9.32. The van der Waals surface area contributed by atoms with E-state index in [-0.39, 0.29) is 24.9 Å². The van der Waals surface area contributed by atoms with E-state index in [1.165, 1.54) is 0 Å². The monoisotopic (exact) mass is 752 g/mol. The normalized spacial score (nSPS) is 42.3. The third kappa shape index (κ3) is 14.8. The summed E-state index contributed by atoms with van der Waals surface area (Å²) in [6, 6.07) is -1.05. The fourth-order valence-corrected chi connectivity index (χ4v) is 6.19. The van der Waals surface area contributed by atoms with Crippen LogP contribution >= 0.6 is 0 Å². The Balaban J connectivity index is 1.86. The third-order valence-electron chi connectivity index (χ3n) is 9.32. The quantitative estimate of drug-likeness (QED) is 0.222. The van der Waals surface area contributed by atoms with Crippen molar-refractivity contribution in [3.05, 3.63) is 107 Å². The number of rotatable bonds is 6. The van der Waals surface area contributed by atoms with Crippen LogP contribution in [0.5, 0.6) is 0 Å². The van der Waals surface area contributed by atoms with Crippen LogP contribution < -0.4 is 11.1 Å². The van der Waals surface area contributed by atoms with E-state index in [1.54, 1.807) is 44.2 Å². The first-order valence-corrected chi connectivity index (χ1v) is 19.0. The van der Waals surface area contributed by atoms with E-state index in [4.69, 9.17) is 24.7 Å². The minimum absolute atomic E-state index is 0.0250. The van der Waals surface area contributed by atoms with Crippen LogP contribution in [0.15, 0.2) is 107 Å². The number of carbonyl (C=O) groups excluding carboxylic acids is 1. The summed E-state index contributed by atoms with van der Waals surface area (Å²) in [6.07, 6.45) is 19.0. The van der Waals surface area contributed by atoms with Crippen molar-refractivity contribution in [1.29, 1.82) is 0 Å². The number of hydrogen-bond donors (Lipinski definition) is 6. The molecule has 0 aromatic carbocycles. The topological polar surface area (TPSA) is 173 Å². The number of aliphatic hydroxyl groups excluding tert-OH is 3. The second-order valence-electron chi connectivity index (χ2n) is 15.3. The maximum atomic E-state index is 13.2. The number of aliphatic hydroxyl groups is 4. The molecule has 1 amide bonds. The Kier molecular flexibility index (Phi) is 18.2. The maximum absolute atomic E-state index is 13.2. The van der Waals surface area contributed by atoms with Crippen molar-refractivity contribution in [2.24, 2.45) is 17.6 Å². The van der Waals surface area contributed by atoms with Crippen molar-refractivity contribution in [1.82, 2.24) is 5.32 Å². The summed E-state index contributed by atoms with van der Waals surface area (Å²) in [4.78, 5) is 13.2. The molecule has 54 heavy (non-hydrogen) atoms. The van der Waals surface area contributed by atoms with Gasteiger partial charge in [0.25, 0.3) is 0 Å². The van der Waals surface area contributed by atoms with E-state index in [0.29, 0.717) is 18.9 Å². The summed E-state index contributed by atoms with van der Waals surface area (Å²) < 4.78 is 23.7. The van der Waals surface area contributed by atoms with Gasteiger partial charge in [0.05, 0.1) is 24.9 Å². The zero-order chi connectivity index (χ0) is 40.0. The lowest BCUT2D eigenvalue weighted by atomic mass is 9.96. The molecular weight excluding hydrogens is 688 g/mol. The van der Waals surface area contributed by atoms with E-state index in [9.17, 15) is 25.2 Å². The molecule has 3 heterocycles. The van der Waals surface area contributed by atoms with Crippen LogP contribution in [-0.2, 0) is 23.7 Å². The fraction of sp³-hybridized carbons (Fsp3) is 0.558. The van der Waals surface area contributed by atoms with Crippen molar-refractivity contribution in [3.8, 4) is 0 Å². The zero-order valence-corrected chi connectivity index (χ0v) is 33.2. The van der Waals surface area contributed by atoms with Gasteiger partial charge in [0.2, 0.25) is 5.91 Å². The van der Waals surface area contributed by atoms with Crippen LogP contribution in [0, 0.1) is 11.8 Å². The molecule has 0 aromatic rings. The lowest BCUT2D eigenvalue weighted by Gasteiger charge is -2.43. The fourth-order valence-electron chi connectivity index (χ4n) is 6.19. The van der Waals surface area contributed by atoms with Crippen molar-refractivity contribution in [2.45, 2.75) is 129 Å². The van der Waals surface area contributed by atoms with Crippen molar-refractivity contribution in [2.75, 3.05) is 13.2 Å². The molecule has 0 spiro atoms. The molecule has 7 N–H and O–H groups in total. The highest BCUT2D eigenvalue weighted by Crippen LogP contribution is 2.28. The van der Waals surface area contributed by atoms with E-state index in [1.807, 2.05) is 69.4 Å². The van der Waals surface area contributed by atoms with E-state index in [0.717, 1.165) is 22.3 Å². The molecule has 3 aliphatic rings. The summed E-state index contributed by atoms with van der Waals surface area (Å²) in [5.74, 6) is 0.380. The number of hydrogen-bond acceptors (Lipinski definition) is 10. The lowest BCUT2D eigenvalue weighted by molar-refractivity contribution is -0.305. The summed E-state index contributed by atoms with van der Waals surface area (Å²) in [7, 11) is 0. The van der Waals surface area contributed by atoms with Crippen LogP contribution in [0.3, 0.4) is 0 Å². The molecule has 2 saturated heterocycles. The van der Waals surface area contributed by atoms with Crippen molar-refractivity contribution in [3.63, 3.8) is 0 Å². The Bertz CT molecular complexity index is 1490. The van der Waals surface area contributed by atoms with Gasteiger partial charge in [-0.2, -0.15) is 0 Å². The highest BCUT2D eigenvalue weighted by molar-refractivity contribution is 5.93. The molecule has 300 valence electrons. The minimum atomic E-state index is -1.54. The van der Waals surface area contributed by atoms with Gasteiger partial charge in [-0.1, -0.05) is 123 Å². The molecule has 0 saturated carbocycles. The predicted molar refractivity (Wildman–Crippen MR) is 212 cm³/mol. The first kappa shape index (κ1) is 45.2. The molecule has 3 rings (SSSR count). The van der Waals surface area contributed by atoms with Gasteiger partial charge in [-0.3, -0.25) is 4.79 Å². The Morgan fingerprint density at radius 1 is 0.944 bits per heavy atom. The second kappa shape index (κ2) is 21.8. The number of nitrogens with one attached hydrogen (secondary N) is 1. The zero-order valence-electron chi connectivity index (χ0n) is 33.2. The first-order valence-electron chi connectivity index (χ1n) is 19.0. The highest BCUT2D eigenvalue weighted by atomic mass is 16.7. The molecule has 0 bridgehead atoms. The van der Waals surface area contributed by atoms with Crippen molar-refractivity contribution < 1.29 is 44.2 Å². The molecule has 3 aliphatic heterocycles. The van der Waals surface area contributed by atoms with Crippen LogP contribution in [-0.4, -0.2) is 100 Å². The van der Waals surface area contributed by atoms with Gasteiger partial charge in [0.1, 0.15) is 30.0 Å². The van der Waals surface area contributed by atoms with E-state index >= 15 is 0 Å². The molecule has 2 fully saturated rings. The van der Waals surface area contributed by atoms with Crippen LogP contribution in [0.4, 0.5) is 0 Å². The Labute approximate surface area is 322 Å². The van der Waals surface area contributed by atoms with Gasteiger partial charge < -0.3 is 50.4 Å². The van der Waals surface area contributed by atoms with Gasteiger partial charge in [-0.05, 0) is 52.9 Å². The minimum Gasteiger partial charge on any atom is -0.390 e. The standard InChI is InChI=1S/C43H64N2O9/c1-27(2)21-33-23-30(5)16-10-9-13-20-43(8,50)36(19-12-11-15-28(3)17-14-18-29(4)22-31(6)25-45-41(33)49)54-42-38(44)40(48)35(26-51-42)53-37-24-34(46)39(47)32(7)52-37/h9-20,22-23,27,31-32,34-40,42,46-48,50H,21,24-26,44H2,1-8H3,(H,45,49)/b10-9+,15-11-,18-14+,19-12-,20-13+,28-17-,29-22-,30-16-,33-23-/t31-,32?,34+,35?,36?,37?,38?,39?,40-,42?,43+/m0/s1. The number of amides is 1. The molecule has 0 aliphatic carbocycles. The Hall–Kier alpha value is -3.23. The van der Waals surface area contributed by atoms with Gasteiger partial charge in [0, 0.05) is 18.5 Å². The van der Waals surface area contributed by atoms with Gasteiger partial charge in [-0.25, -0.2) is 0 Å². The van der Waals surface area contributed by atoms with E-state index < -0.39 is 60.8 Å². The van der Waals surface area contributed by atoms with Crippen LogP contribution in [0.2, 0.25) is 0 Å². The maximum Gasteiger partial charge on any atom is 0.247 e. The summed E-state index contributed by atoms with van der Waals surface area (Å²) in [5, 5.41) is 46.0. The predicted octanol–water partition coefficient (Wildman–Crippen LogP) is 4.77. The molecule has 11 nitrogen and oxygen atoms in total. The number of allylic oxidation sites excluding steroid dienone is 14. The average molecular weight is 753 g/mol. The summed E-state index contributed by atoms with van der Waals surface area (Å²) in [6.45, 7) is 15.9. The average Bonchev–Trinajstić information content (AvgIpc) is 3.09. The van der Waals surface area contributed by atoms with Crippen LogP contribution in [0.25, 0.3) is 0 Å². The van der Waals surface area contributed by atoms with Gasteiger partial charge in [0.15, 0.2) is 12.6 Å². The summed E-state index contributed by atoms with van der Waals surface area (Å²) >= 11 is 0. The number of nitrogens with two attached hydrogens (primary N) is 1. The first-order chi connectivity index (χ1) is 25.5. The van der Waals surface area contributed by atoms with Crippen molar-refractivity contribution >= 4 is 5.91 Å². The largest absolute Gasteiger partial charge is 0.390 e. The molecule has 11 heteroatoms. The summed E-state index contributed by atoms with van der Waals surface area (Å²) in [5.41, 5.74) is 8.57. The number of carbonyl (C=O) groups is 1. The van der Waals surface area contributed by atoms with Gasteiger partial charge >= 0.3 is 0 Å². The highest BCUT2D eigenvalue weighted by Gasteiger charge is 2.44. The van der Waals surface area contributed by atoms with E-state index in [2.05, 4.69) is 32.2 Å². The Morgan fingerprint density at radius 3 is 2.35 bits per heavy atom. The SMILES string of the molecule is CC1=C/C=C/C=C/[C@@](C)(O)C(OC2OCC(OC3C[C@@H](O)C(O)C(C)O3)[C@H](O)C2N)\C=C/C=C\C(C)=C/C=C/C(C)=C\[C@H](C)CNC(=O)/C(CC(C)C)=C\1. The second-order valence-corrected chi connectivity index (χ2v) is 15.3. The van der Waals surface area contributed by atoms with Gasteiger partial charge in [-0.15, -0.1) is 0 Å². The van der Waals surface area contributed by atoms with Crippen LogP contribution in [0.1, 0.15) is 68.2 Å². The lowest BCUT2D eigenvalue weighted by Crippen LogP contribution is -2.61. The molecule has 0 aromatic heterocycles. The molecule has 0 radical (unpaired) electrons. The smallest absolute Gasteiger partial charge is 0.247 e. The Morgan fingerprint density at radius 2 is 1.65 bits per heavy atom.